The molecule has 2 aromatic carbocycles. The molecule has 2 aliphatic heterocycles. The number of rotatable bonds is 5. The van der Waals surface area contributed by atoms with Crippen molar-refractivity contribution in [2.24, 2.45) is 0 Å². The fraction of sp³-hybridized carbons (Fsp3) is 0.417. The molecule has 31 heavy (non-hydrogen) atoms. The molecule has 0 unspecified atom stereocenters. The summed E-state index contributed by atoms with van der Waals surface area (Å²) in [7, 11) is 0. The van der Waals surface area contributed by atoms with Crippen LogP contribution in [0.3, 0.4) is 0 Å². The molecule has 0 radical (unpaired) electrons. The molecule has 2 aromatic rings. The summed E-state index contributed by atoms with van der Waals surface area (Å²) >= 11 is 5.94. The fourth-order valence-corrected chi connectivity index (χ4v) is 4.43. The number of hydrogen-bond donors (Lipinski definition) is 0. The maximum absolute atomic E-state index is 12.9. The highest BCUT2D eigenvalue weighted by Gasteiger charge is 2.33. The van der Waals surface area contributed by atoms with Gasteiger partial charge in [0.15, 0.2) is 0 Å². The van der Waals surface area contributed by atoms with Gasteiger partial charge < -0.3 is 19.6 Å². The second kappa shape index (κ2) is 9.18. The molecule has 6 nitrogen and oxygen atoms in total. The number of urea groups is 1. The molecule has 3 amide bonds. The van der Waals surface area contributed by atoms with Crippen molar-refractivity contribution in [2.75, 3.05) is 44.2 Å². The van der Waals surface area contributed by atoms with Crippen LogP contribution in [0.2, 0.25) is 5.02 Å². The lowest BCUT2D eigenvalue weighted by atomic mass is 10.1. The van der Waals surface area contributed by atoms with Gasteiger partial charge in [0, 0.05) is 56.0 Å². The summed E-state index contributed by atoms with van der Waals surface area (Å²) in [6, 6.07) is 16.2. The van der Waals surface area contributed by atoms with Gasteiger partial charge in [-0.25, -0.2) is 4.79 Å². The zero-order chi connectivity index (χ0) is 22.0. The van der Waals surface area contributed by atoms with Crippen LogP contribution in [0, 0.1) is 6.92 Å². The Morgan fingerprint density at radius 3 is 2.32 bits per heavy atom. The summed E-state index contributed by atoms with van der Waals surface area (Å²) in [5.41, 5.74) is 3.47. The summed E-state index contributed by atoms with van der Waals surface area (Å²) in [6.45, 7) is 8.27. The third kappa shape index (κ3) is 4.96. The molecular formula is C24H29ClN4O2. The number of amides is 3. The van der Waals surface area contributed by atoms with Gasteiger partial charge in [0.2, 0.25) is 5.91 Å². The highest BCUT2D eigenvalue weighted by atomic mass is 35.5. The Balaban J connectivity index is 1.30. The number of benzene rings is 2. The molecule has 0 aliphatic carbocycles. The van der Waals surface area contributed by atoms with E-state index in [2.05, 4.69) is 43.0 Å². The average Bonchev–Trinajstić information content (AvgIpc) is 3.09. The quantitative estimate of drug-likeness (QED) is 0.713. The Labute approximate surface area is 189 Å². The molecule has 0 spiro atoms. The molecule has 2 heterocycles. The minimum Gasteiger partial charge on any atom is -0.365 e. The van der Waals surface area contributed by atoms with E-state index in [1.807, 2.05) is 29.2 Å². The third-order valence-electron chi connectivity index (χ3n) is 6.14. The monoisotopic (exact) mass is 440 g/mol. The Morgan fingerprint density at radius 1 is 0.968 bits per heavy atom. The first-order valence-electron chi connectivity index (χ1n) is 10.8. The van der Waals surface area contributed by atoms with Gasteiger partial charge in [0.1, 0.15) is 6.54 Å². The van der Waals surface area contributed by atoms with Gasteiger partial charge in [-0.2, -0.15) is 0 Å². The second-order valence-electron chi connectivity index (χ2n) is 8.47. The maximum Gasteiger partial charge on any atom is 0.320 e. The van der Waals surface area contributed by atoms with Crippen molar-refractivity contribution < 1.29 is 9.59 Å². The van der Waals surface area contributed by atoms with E-state index in [-0.39, 0.29) is 24.5 Å². The average molecular weight is 441 g/mol. The first-order valence-corrected chi connectivity index (χ1v) is 11.2. The molecule has 2 saturated heterocycles. The number of nitrogens with zero attached hydrogens (tertiary/aromatic N) is 4. The number of carbonyl (C=O) groups is 2. The van der Waals surface area contributed by atoms with Crippen molar-refractivity contribution in [1.29, 1.82) is 0 Å². The highest BCUT2D eigenvalue weighted by Crippen LogP contribution is 2.22. The number of anilines is 1. The van der Waals surface area contributed by atoms with Crippen LogP contribution in [0.25, 0.3) is 0 Å². The first-order chi connectivity index (χ1) is 14.9. The minimum absolute atomic E-state index is 0.0251. The van der Waals surface area contributed by atoms with Crippen LogP contribution in [-0.2, 0) is 11.3 Å². The molecule has 7 heteroatoms. The fourth-order valence-electron chi connectivity index (χ4n) is 4.30. The lowest BCUT2D eigenvalue weighted by Gasteiger charge is -2.41. The van der Waals surface area contributed by atoms with Gasteiger partial charge in [-0.3, -0.25) is 4.79 Å². The van der Waals surface area contributed by atoms with Gasteiger partial charge >= 0.3 is 6.03 Å². The summed E-state index contributed by atoms with van der Waals surface area (Å²) in [5.74, 6) is 0.0251. The smallest absolute Gasteiger partial charge is 0.320 e. The minimum atomic E-state index is -0.0744. The zero-order valence-electron chi connectivity index (χ0n) is 18.1. The number of carbonyl (C=O) groups excluding carboxylic acids is 2. The van der Waals surface area contributed by atoms with Gasteiger partial charge in [0.25, 0.3) is 0 Å². The molecule has 2 fully saturated rings. The molecule has 0 saturated carbocycles. The van der Waals surface area contributed by atoms with E-state index in [0.29, 0.717) is 37.7 Å². The number of hydrogen-bond acceptors (Lipinski definition) is 3. The van der Waals surface area contributed by atoms with Gasteiger partial charge in [-0.05, 0) is 43.7 Å². The molecule has 4 rings (SSSR count). The van der Waals surface area contributed by atoms with Crippen LogP contribution < -0.4 is 4.90 Å². The molecular weight excluding hydrogens is 412 g/mol. The maximum atomic E-state index is 12.9. The van der Waals surface area contributed by atoms with E-state index >= 15 is 0 Å². The molecule has 0 aromatic heterocycles. The Morgan fingerprint density at radius 2 is 1.65 bits per heavy atom. The molecule has 2 aliphatic rings. The third-order valence-corrected chi connectivity index (χ3v) is 6.39. The number of halogens is 1. The zero-order valence-corrected chi connectivity index (χ0v) is 18.9. The normalized spacial score (nSPS) is 19.3. The summed E-state index contributed by atoms with van der Waals surface area (Å²) in [4.78, 5) is 33.4. The van der Waals surface area contributed by atoms with Crippen LogP contribution >= 0.6 is 11.6 Å². The van der Waals surface area contributed by atoms with Crippen LogP contribution in [0.1, 0.15) is 18.1 Å². The van der Waals surface area contributed by atoms with Crippen LogP contribution in [-0.4, -0.2) is 71.9 Å². The van der Waals surface area contributed by atoms with Crippen molar-refractivity contribution in [1.82, 2.24) is 14.7 Å². The van der Waals surface area contributed by atoms with Crippen LogP contribution in [0.15, 0.2) is 48.5 Å². The predicted molar refractivity (Wildman–Crippen MR) is 123 cm³/mol. The number of piperazine rings is 1. The highest BCUT2D eigenvalue weighted by molar-refractivity contribution is 6.30. The van der Waals surface area contributed by atoms with Crippen molar-refractivity contribution in [3.05, 3.63) is 64.7 Å². The van der Waals surface area contributed by atoms with Crippen molar-refractivity contribution in [3.63, 3.8) is 0 Å². The van der Waals surface area contributed by atoms with Gasteiger partial charge in [0.05, 0.1) is 0 Å². The molecule has 0 N–H and O–H groups in total. The Hall–Kier alpha value is -2.73. The molecule has 0 bridgehead atoms. The first kappa shape index (κ1) is 21.5. The molecule has 164 valence electrons. The topological polar surface area (TPSA) is 47.1 Å². The van der Waals surface area contributed by atoms with E-state index in [4.69, 9.17) is 11.6 Å². The van der Waals surface area contributed by atoms with Crippen LogP contribution in [0.4, 0.5) is 10.5 Å². The largest absolute Gasteiger partial charge is 0.365 e. The Bertz CT molecular complexity index is 932. The van der Waals surface area contributed by atoms with E-state index in [0.717, 1.165) is 12.1 Å². The van der Waals surface area contributed by atoms with E-state index in [1.165, 1.54) is 11.3 Å². The van der Waals surface area contributed by atoms with Crippen molar-refractivity contribution in [2.45, 2.75) is 26.4 Å². The predicted octanol–water partition coefficient (Wildman–Crippen LogP) is 3.62. The SMILES string of the molecule is Cc1ccc(N2CCN(C(=O)CN3CCN(Cc4ccc(Cl)cc4)C3=O)C[C@H]2C)cc1. The van der Waals surface area contributed by atoms with Gasteiger partial charge in [-0.15, -0.1) is 0 Å². The lowest BCUT2D eigenvalue weighted by Crippen LogP contribution is -2.55. The molecule has 1 atom stereocenters. The summed E-state index contributed by atoms with van der Waals surface area (Å²) < 4.78 is 0. The van der Waals surface area contributed by atoms with E-state index in [9.17, 15) is 9.59 Å². The summed E-state index contributed by atoms with van der Waals surface area (Å²) in [5, 5.41) is 0.681. The Kier molecular flexibility index (Phi) is 6.37. The second-order valence-corrected chi connectivity index (χ2v) is 8.91. The summed E-state index contributed by atoms with van der Waals surface area (Å²) in [6.07, 6.45) is 0. The van der Waals surface area contributed by atoms with Gasteiger partial charge in [-0.1, -0.05) is 41.4 Å². The standard InChI is InChI=1S/C24H29ClN4O2/c1-18-3-9-22(10-4-18)29-14-13-26(15-19(29)2)23(30)17-28-12-11-27(24(28)31)16-20-5-7-21(25)8-6-20/h3-10,19H,11-17H2,1-2H3/t19-/m1/s1. The van der Waals surface area contributed by atoms with Crippen LogP contribution in [0.5, 0.6) is 0 Å². The lowest BCUT2D eigenvalue weighted by molar-refractivity contribution is -0.132. The number of aryl methyl sites for hydroxylation is 1. The van der Waals surface area contributed by atoms with Crippen molar-refractivity contribution in [3.8, 4) is 0 Å². The van der Waals surface area contributed by atoms with E-state index < -0.39 is 0 Å². The van der Waals surface area contributed by atoms with E-state index in [1.54, 1.807) is 9.80 Å². The van der Waals surface area contributed by atoms with Crippen molar-refractivity contribution >= 4 is 29.2 Å².